The average molecular weight is 479 g/mol. The number of hydrogen-bond donors (Lipinski definition) is 1. The van der Waals surface area contributed by atoms with Gasteiger partial charge in [-0.15, -0.1) is 0 Å². The van der Waals surface area contributed by atoms with E-state index in [0.717, 1.165) is 16.5 Å². The monoisotopic (exact) mass is 478 g/mol. The molecule has 174 valence electrons. The third kappa shape index (κ3) is 3.27. The number of benzene rings is 2. The Morgan fingerprint density at radius 2 is 2.00 bits per heavy atom. The number of aromatic nitrogens is 1. The van der Waals surface area contributed by atoms with Crippen LogP contribution in [0.3, 0.4) is 0 Å². The number of carbonyl (C=O) groups excluding carboxylic acids is 2. The number of ketones is 1. The summed E-state index contributed by atoms with van der Waals surface area (Å²) in [4.78, 5) is 28.4. The van der Waals surface area contributed by atoms with Crippen molar-refractivity contribution in [3.63, 3.8) is 0 Å². The normalized spacial score (nSPS) is 16.3. The van der Waals surface area contributed by atoms with Gasteiger partial charge in [0.1, 0.15) is 0 Å². The summed E-state index contributed by atoms with van der Waals surface area (Å²) in [6.45, 7) is 2.33. The van der Waals surface area contributed by atoms with Crippen LogP contribution < -0.4 is 4.74 Å². The van der Waals surface area contributed by atoms with Crippen LogP contribution in [0.5, 0.6) is 5.75 Å². The van der Waals surface area contributed by atoms with Crippen LogP contribution in [0.1, 0.15) is 35.5 Å². The van der Waals surface area contributed by atoms with E-state index in [4.69, 9.17) is 20.8 Å². The quantitative estimate of drug-likeness (QED) is 0.366. The average Bonchev–Trinajstić information content (AvgIpc) is 3.47. The molecule has 8 heteroatoms. The van der Waals surface area contributed by atoms with E-state index in [0.29, 0.717) is 34.7 Å². The first-order valence-corrected chi connectivity index (χ1v) is 11.3. The van der Waals surface area contributed by atoms with Crippen molar-refractivity contribution in [2.75, 3.05) is 13.7 Å². The van der Waals surface area contributed by atoms with Crippen molar-refractivity contribution in [3.8, 4) is 5.75 Å². The number of aryl methyl sites for hydroxylation is 1. The van der Waals surface area contributed by atoms with Crippen LogP contribution in [0.4, 0.5) is 0 Å². The lowest BCUT2D eigenvalue weighted by Gasteiger charge is -2.25. The fourth-order valence-corrected chi connectivity index (χ4v) is 4.97. The van der Waals surface area contributed by atoms with E-state index in [9.17, 15) is 14.7 Å². The van der Waals surface area contributed by atoms with Crippen molar-refractivity contribution in [1.82, 2.24) is 9.47 Å². The molecule has 1 atom stereocenters. The summed E-state index contributed by atoms with van der Waals surface area (Å²) in [5.74, 6) is -1.30. The molecule has 1 unspecified atom stereocenters. The first-order valence-electron chi connectivity index (χ1n) is 11.0. The van der Waals surface area contributed by atoms with Crippen molar-refractivity contribution in [2.45, 2.75) is 19.4 Å². The fourth-order valence-electron chi connectivity index (χ4n) is 4.75. The van der Waals surface area contributed by atoms with Crippen LogP contribution >= 0.6 is 11.6 Å². The largest absolute Gasteiger partial charge is 0.503 e. The second kappa shape index (κ2) is 8.25. The number of aliphatic hydroxyl groups excluding tert-OH is 1. The van der Waals surface area contributed by atoms with Crippen LogP contribution in [-0.4, -0.2) is 39.9 Å². The number of ether oxygens (including phenoxy) is 1. The van der Waals surface area contributed by atoms with Gasteiger partial charge in [-0.2, -0.15) is 0 Å². The summed E-state index contributed by atoms with van der Waals surface area (Å²) in [5, 5.41) is 12.8. The molecule has 34 heavy (non-hydrogen) atoms. The molecule has 0 saturated heterocycles. The number of rotatable bonds is 6. The molecule has 0 bridgehead atoms. The van der Waals surface area contributed by atoms with Crippen LogP contribution in [0.15, 0.2) is 64.4 Å². The molecule has 0 aliphatic carbocycles. The van der Waals surface area contributed by atoms with Crippen molar-refractivity contribution in [3.05, 3.63) is 76.3 Å². The Balaban J connectivity index is 1.68. The number of hydrogen-bond acceptors (Lipinski definition) is 5. The van der Waals surface area contributed by atoms with Gasteiger partial charge in [0.15, 0.2) is 22.9 Å². The van der Waals surface area contributed by atoms with Gasteiger partial charge in [-0.3, -0.25) is 9.59 Å². The first kappa shape index (κ1) is 22.1. The highest BCUT2D eigenvalue weighted by atomic mass is 35.5. The maximum absolute atomic E-state index is 13.8. The number of nitrogens with zero attached hydrogens (tertiary/aromatic N) is 2. The molecule has 0 spiro atoms. The van der Waals surface area contributed by atoms with E-state index >= 15 is 0 Å². The minimum atomic E-state index is -0.746. The van der Waals surface area contributed by atoms with Crippen LogP contribution in [-0.2, 0) is 11.8 Å². The lowest BCUT2D eigenvalue weighted by molar-refractivity contribution is -0.129. The molecule has 0 saturated carbocycles. The second-order valence-corrected chi connectivity index (χ2v) is 8.78. The predicted octanol–water partition coefficient (Wildman–Crippen LogP) is 5.57. The number of halogens is 1. The van der Waals surface area contributed by atoms with Gasteiger partial charge in [-0.25, -0.2) is 0 Å². The highest BCUT2D eigenvalue weighted by molar-refractivity contribution is 6.31. The zero-order valence-electron chi connectivity index (χ0n) is 19.0. The Kier molecular flexibility index (Phi) is 5.37. The summed E-state index contributed by atoms with van der Waals surface area (Å²) >= 11 is 6.17. The first-order chi connectivity index (χ1) is 16.3. The number of aliphatic hydroxyl groups is 1. The lowest BCUT2D eigenvalue weighted by atomic mass is 9.94. The zero-order chi connectivity index (χ0) is 24.1. The number of methoxy groups -OCH3 is 1. The van der Waals surface area contributed by atoms with E-state index in [1.165, 1.54) is 7.11 Å². The van der Waals surface area contributed by atoms with Crippen molar-refractivity contribution in [2.24, 2.45) is 7.05 Å². The highest BCUT2D eigenvalue weighted by Crippen LogP contribution is 2.43. The van der Waals surface area contributed by atoms with Crippen LogP contribution in [0, 0.1) is 0 Å². The van der Waals surface area contributed by atoms with E-state index in [-0.39, 0.29) is 11.3 Å². The Morgan fingerprint density at radius 3 is 2.74 bits per heavy atom. The summed E-state index contributed by atoms with van der Waals surface area (Å²) < 4.78 is 13.2. The van der Waals surface area contributed by atoms with Gasteiger partial charge in [0.25, 0.3) is 5.91 Å². The van der Waals surface area contributed by atoms with Crippen LogP contribution in [0.25, 0.3) is 21.9 Å². The number of para-hydroxylation sites is 1. The zero-order valence-corrected chi connectivity index (χ0v) is 19.7. The Bertz CT molecular complexity index is 1500. The molecule has 1 amide bonds. The fraction of sp³-hybridized carbons (Fsp3) is 0.231. The molecule has 5 rings (SSSR count). The molecule has 3 heterocycles. The third-order valence-corrected chi connectivity index (χ3v) is 6.44. The maximum Gasteiger partial charge on any atom is 0.290 e. The molecule has 1 aliphatic rings. The summed E-state index contributed by atoms with van der Waals surface area (Å²) in [6.07, 6.45) is 2.57. The number of fused-ring (bicyclic) bond motifs is 2. The summed E-state index contributed by atoms with van der Waals surface area (Å²) in [5.41, 5.74) is 2.09. The molecule has 0 fully saturated rings. The number of furan rings is 1. The van der Waals surface area contributed by atoms with Crippen molar-refractivity contribution >= 4 is 45.2 Å². The van der Waals surface area contributed by atoms with Gasteiger partial charge in [-0.05, 0) is 24.6 Å². The molecule has 7 nitrogen and oxygen atoms in total. The van der Waals surface area contributed by atoms with Gasteiger partial charge >= 0.3 is 0 Å². The Hall–Kier alpha value is -3.71. The molecular formula is C26H23ClN2O5. The Labute approximate surface area is 200 Å². The van der Waals surface area contributed by atoms with E-state index in [1.54, 1.807) is 23.1 Å². The van der Waals surface area contributed by atoms with Gasteiger partial charge in [0, 0.05) is 52.7 Å². The van der Waals surface area contributed by atoms with Crippen molar-refractivity contribution < 1.29 is 23.8 Å². The number of amides is 1. The molecule has 1 aliphatic heterocycles. The standard InChI is InChI=1S/C26H23ClN2O5/c1-4-9-29-22(17-13-28(2)18-8-6-5-7-16(17)18)21(24(31)26(29)32)23(30)19-11-14-10-15(27)12-20(33-3)25(14)34-19/h5-8,10-13,22,31H,4,9H2,1-3H3. The molecule has 2 aromatic carbocycles. The topological polar surface area (TPSA) is 84.9 Å². The van der Waals surface area contributed by atoms with E-state index in [1.807, 2.05) is 49.0 Å². The highest BCUT2D eigenvalue weighted by Gasteiger charge is 2.45. The van der Waals surface area contributed by atoms with Gasteiger partial charge < -0.3 is 23.7 Å². The van der Waals surface area contributed by atoms with Gasteiger partial charge in [-0.1, -0.05) is 36.7 Å². The smallest absolute Gasteiger partial charge is 0.290 e. The minimum Gasteiger partial charge on any atom is -0.503 e. The molecule has 1 N–H and O–H groups in total. The molecule has 4 aromatic rings. The lowest BCUT2D eigenvalue weighted by Crippen LogP contribution is -2.31. The maximum atomic E-state index is 13.8. The summed E-state index contributed by atoms with van der Waals surface area (Å²) in [7, 11) is 3.39. The van der Waals surface area contributed by atoms with E-state index < -0.39 is 23.5 Å². The second-order valence-electron chi connectivity index (χ2n) is 8.34. The van der Waals surface area contributed by atoms with Gasteiger partial charge in [0.05, 0.1) is 18.7 Å². The number of Topliss-reactive ketones (excluding diaryl/α,β-unsaturated/α-hetero) is 1. The SMILES string of the molecule is CCCN1C(=O)C(O)=C(C(=O)c2cc3cc(Cl)cc(OC)c3o2)C1c1cn(C)c2ccccc12. The van der Waals surface area contributed by atoms with E-state index in [2.05, 4.69) is 0 Å². The van der Waals surface area contributed by atoms with Crippen molar-refractivity contribution in [1.29, 1.82) is 0 Å². The Morgan fingerprint density at radius 1 is 1.24 bits per heavy atom. The van der Waals surface area contributed by atoms with Crippen LogP contribution in [0.2, 0.25) is 5.02 Å². The molecule has 0 radical (unpaired) electrons. The number of carbonyl (C=O) groups is 2. The summed E-state index contributed by atoms with van der Waals surface area (Å²) in [6, 6.07) is 11.8. The molecule has 2 aromatic heterocycles. The third-order valence-electron chi connectivity index (χ3n) is 6.23. The minimum absolute atomic E-state index is 0.000997. The predicted molar refractivity (Wildman–Crippen MR) is 129 cm³/mol. The molecular weight excluding hydrogens is 456 g/mol. The van der Waals surface area contributed by atoms with Gasteiger partial charge in [0.2, 0.25) is 5.78 Å².